The SMILES string of the molecule is [N-]=[N+]=Nc1ccc(C(=O)NC(CCCCNC(=O)CCCC[C@@H]2SC[C@@H]3NC(=O)N[C@@H]32)C(=O)NCCSSCCC(=O)NC[C@H]2O[C@@H](O/C(=C/c3ccc(O)cc3)C(=O)O)[C@H](O)[C@@H](O)[C@H]2O)cc1. The minimum absolute atomic E-state index is 0.0446. The van der Waals surface area contributed by atoms with Crippen LogP contribution in [0, 0.1) is 0 Å². The quantitative estimate of drug-likeness (QED) is 0.00895. The second kappa shape index (κ2) is 27.6. The van der Waals surface area contributed by atoms with E-state index in [1.54, 1.807) is 0 Å². The standard InChI is InChI=1S/C43H57N9O13S3/c44-52-51-26-12-10-25(11-13-26)39(59)48-28(5-3-4-17-45-33(54)7-2-1-6-32-35-29(23-66-32)49-43(63)50-35)40(60)46-18-20-68-67-19-16-34(55)47-22-31-36(56)37(57)38(58)42(65-31)64-30(41(61)62)21-24-8-14-27(53)15-9-24/h8-15,21,28-29,31-32,35-38,42,53,56-58H,1-7,16-20,22-23H2,(H,45,54)(H,46,60)(H,47,55)(H,48,59)(H,61,62)(H2,49,50,63)/b30-21+/t28?,29-,31+,32-,35-,36-,37-,38+,42+/m0/s1. The number of nitrogens with one attached hydrogen (secondary N) is 6. The van der Waals surface area contributed by atoms with Crippen molar-refractivity contribution in [3.8, 4) is 5.75 Å². The van der Waals surface area contributed by atoms with Gasteiger partial charge < -0.3 is 66.9 Å². The van der Waals surface area contributed by atoms with E-state index < -0.39 is 66.2 Å². The molecule has 370 valence electrons. The molecular weight excluding hydrogens is 947 g/mol. The summed E-state index contributed by atoms with van der Waals surface area (Å²) in [5.41, 5.74) is 9.62. The van der Waals surface area contributed by atoms with Crippen LogP contribution in [-0.4, -0.2) is 152 Å². The van der Waals surface area contributed by atoms with Crippen molar-refractivity contribution in [1.82, 2.24) is 31.9 Å². The number of fused-ring (bicyclic) bond motifs is 1. The molecule has 3 aliphatic heterocycles. The molecule has 9 atom stereocenters. The molecule has 3 heterocycles. The van der Waals surface area contributed by atoms with Gasteiger partial charge in [-0.1, -0.05) is 57.4 Å². The van der Waals surface area contributed by atoms with Gasteiger partial charge in [0.2, 0.25) is 29.8 Å². The second-order valence-corrected chi connectivity index (χ2v) is 20.0. The van der Waals surface area contributed by atoms with Crippen LogP contribution in [0.25, 0.3) is 16.5 Å². The molecule has 22 nitrogen and oxygen atoms in total. The molecule has 5 rings (SSSR count). The number of hydrogen-bond acceptors (Lipinski definition) is 16. The lowest BCUT2D eigenvalue weighted by molar-refractivity contribution is -0.285. The van der Waals surface area contributed by atoms with Crippen molar-refractivity contribution in [3.63, 3.8) is 0 Å². The number of rotatable bonds is 27. The van der Waals surface area contributed by atoms with Gasteiger partial charge in [-0.3, -0.25) is 19.2 Å². The number of thioether (sulfide) groups is 1. The summed E-state index contributed by atoms with van der Waals surface area (Å²) < 4.78 is 10.9. The van der Waals surface area contributed by atoms with Crippen LogP contribution in [0.1, 0.15) is 67.3 Å². The maximum atomic E-state index is 13.3. The van der Waals surface area contributed by atoms with Crippen molar-refractivity contribution in [2.24, 2.45) is 5.11 Å². The van der Waals surface area contributed by atoms with Crippen LogP contribution >= 0.6 is 33.3 Å². The van der Waals surface area contributed by atoms with Gasteiger partial charge in [0, 0.05) is 71.1 Å². The Hall–Kier alpha value is -5.40. The number of unbranched alkanes of at least 4 members (excludes halogenated alkanes) is 2. The average Bonchev–Trinajstić information content (AvgIpc) is 3.88. The normalized spacial score (nSPS) is 23.5. The first-order chi connectivity index (χ1) is 32.7. The van der Waals surface area contributed by atoms with Crippen LogP contribution in [-0.2, 0) is 28.7 Å². The number of urea groups is 1. The summed E-state index contributed by atoms with van der Waals surface area (Å²) in [5, 5.41) is 71.4. The predicted octanol–water partition coefficient (Wildman–Crippen LogP) is 2.40. The minimum atomic E-state index is -1.83. The highest BCUT2D eigenvalue weighted by Gasteiger charge is 2.46. The molecule has 0 aliphatic carbocycles. The molecule has 3 saturated heterocycles. The van der Waals surface area contributed by atoms with E-state index in [0.29, 0.717) is 60.2 Å². The molecule has 0 saturated carbocycles. The molecule has 25 heteroatoms. The maximum Gasteiger partial charge on any atom is 0.371 e. The lowest BCUT2D eigenvalue weighted by Crippen LogP contribution is -2.60. The number of aromatic hydroxyl groups is 1. The fourth-order valence-electron chi connectivity index (χ4n) is 7.38. The third-order valence-electron chi connectivity index (χ3n) is 11.0. The Morgan fingerprint density at radius 3 is 2.37 bits per heavy atom. The molecule has 68 heavy (non-hydrogen) atoms. The van der Waals surface area contributed by atoms with Crippen LogP contribution in [0.5, 0.6) is 5.75 Å². The van der Waals surface area contributed by atoms with Gasteiger partial charge in [-0.2, -0.15) is 11.8 Å². The maximum absolute atomic E-state index is 13.3. The summed E-state index contributed by atoms with van der Waals surface area (Å²) in [6, 6.07) is 10.7. The molecule has 0 radical (unpaired) electrons. The second-order valence-electron chi connectivity index (χ2n) is 16.0. The Morgan fingerprint density at radius 1 is 0.897 bits per heavy atom. The number of ether oxygens (including phenoxy) is 2. The molecule has 3 aliphatic rings. The highest BCUT2D eigenvalue weighted by molar-refractivity contribution is 8.76. The Morgan fingerprint density at radius 2 is 1.63 bits per heavy atom. The number of carbonyl (C=O) groups excluding carboxylic acids is 5. The van der Waals surface area contributed by atoms with E-state index in [-0.39, 0.29) is 54.8 Å². The van der Waals surface area contributed by atoms with Crippen LogP contribution in [0.15, 0.2) is 59.4 Å². The van der Waals surface area contributed by atoms with E-state index in [0.717, 1.165) is 31.1 Å². The van der Waals surface area contributed by atoms with Crippen LogP contribution < -0.4 is 31.9 Å². The summed E-state index contributed by atoms with van der Waals surface area (Å²) in [6.07, 6.45) is -2.77. The van der Waals surface area contributed by atoms with Crippen LogP contribution in [0.3, 0.4) is 0 Å². The molecule has 1 unspecified atom stereocenters. The predicted molar refractivity (Wildman–Crippen MR) is 254 cm³/mol. The molecule has 0 bridgehead atoms. The summed E-state index contributed by atoms with van der Waals surface area (Å²) in [5.74, 6) is -1.87. The van der Waals surface area contributed by atoms with Gasteiger partial charge in [0.1, 0.15) is 36.2 Å². The van der Waals surface area contributed by atoms with Gasteiger partial charge in [0.15, 0.2) is 0 Å². The van der Waals surface area contributed by atoms with Gasteiger partial charge in [0.05, 0.1) is 12.1 Å². The minimum Gasteiger partial charge on any atom is -0.508 e. The van der Waals surface area contributed by atoms with Gasteiger partial charge in [0.25, 0.3) is 5.91 Å². The topological polar surface area (TPSA) is 343 Å². The highest BCUT2D eigenvalue weighted by Crippen LogP contribution is 2.33. The number of aliphatic hydroxyl groups excluding tert-OH is 3. The van der Waals surface area contributed by atoms with Crippen molar-refractivity contribution in [3.05, 3.63) is 75.9 Å². The monoisotopic (exact) mass is 1000 g/mol. The number of aliphatic hydroxyl groups is 3. The first kappa shape index (κ1) is 53.6. The number of carboxylic acid groups (broad SMARTS) is 1. The van der Waals surface area contributed by atoms with Crippen molar-refractivity contribution in [2.45, 2.75) is 105 Å². The molecule has 3 fully saturated rings. The lowest BCUT2D eigenvalue weighted by atomic mass is 9.98. The third-order valence-corrected chi connectivity index (χ3v) is 14.9. The van der Waals surface area contributed by atoms with Gasteiger partial charge in [-0.25, -0.2) is 9.59 Å². The molecule has 0 aromatic heterocycles. The zero-order chi connectivity index (χ0) is 49.0. The lowest BCUT2D eigenvalue weighted by Gasteiger charge is -2.40. The number of azide groups is 1. The zero-order valence-corrected chi connectivity index (χ0v) is 39.3. The van der Waals surface area contributed by atoms with E-state index >= 15 is 0 Å². The summed E-state index contributed by atoms with van der Waals surface area (Å²) in [4.78, 5) is 77.8. The zero-order valence-electron chi connectivity index (χ0n) is 36.9. The molecule has 6 amide bonds. The number of aliphatic carboxylic acids is 1. The molecule has 2 aromatic carbocycles. The van der Waals surface area contributed by atoms with E-state index in [2.05, 4.69) is 41.9 Å². The first-order valence-electron chi connectivity index (χ1n) is 22.0. The molecule has 11 N–H and O–H groups in total. The first-order valence-corrected chi connectivity index (χ1v) is 25.6. The van der Waals surface area contributed by atoms with Gasteiger partial charge in [-0.05, 0) is 73.5 Å². The average molecular weight is 1000 g/mol. The van der Waals surface area contributed by atoms with E-state index in [9.17, 15) is 54.3 Å². The Balaban J connectivity index is 0.983. The number of nitrogens with zero attached hydrogens (tertiary/aromatic N) is 3. The number of hydrogen-bond donors (Lipinski definition) is 11. The summed E-state index contributed by atoms with van der Waals surface area (Å²) in [7, 11) is 2.77. The van der Waals surface area contributed by atoms with Gasteiger partial charge >= 0.3 is 12.0 Å². The van der Waals surface area contributed by atoms with Crippen LogP contribution in [0.4, 0.5) is 10.5 Å². The van der Waals surface area contributed by atoms with Gasteiger partial charge in [-0.15, -0.1) is 0 Å². The third kappa shape index (κ3) is 17.0. The number of benzene rings is 2. The number of amides is 6. The number of phenols is 1. The highest BCUT2D eigenvalue weighted by atomic mass is 33.1. The van der Waals surface area contributed by atoms with Crippen molar-refractivity contribution in [1.29, 1.82) is 0 Å². The molecular formula is C43H57N9O13S3. The number of phenolic OH excluding ortho intramolecular Hbond substituents is 1. The Bertz CT molecular complexity index is 2120. The van der Waals surface area contributed by atoms with E-state index in [1.165, 1.54) is 70.1 Å². The number of carboxylic acids is 1. The largest absolute Gasteiger partial charge is 0.508 e. The van der Waals surface area contributed by atoms with Crippen molar-refractivity contribution < 1.29 is 63.8 Å². The smallest absolute Gasteiger partial charge is 0.371 e. The Kier molecular flexibility index (Phi) is 21.7. The number of carbonyl (C=O) groups is 6. The summed E-state index contributed by atoms with van der Waals surface area (Å²) >= 11 is 1.84. The fourth-order valence-corrected chi connectivity index (χ4v) is 10.8. The molecule has 0 spiro atoms. The van der Waals surface area contributed by atoms with E-state index in [4.69, 9.17) is 15.0 Å². The van der Waals surface area contributed by atoms with Crippen LogP contribution in [0.2, 0.25) is 0 Å². The van der Waals surface area contributed by atoms with E-state index in [1.807, 2.05) is 11.8 Å². The summed E-state index contributed by atoms with van der Waals surface area (Å²) in [6.45, 7) is 0.359. The van der Waals surface area contributed by atoms with Crippen molar-refractivity contribution in [2.75, 3.05) is 36.9 Å². The fraction of sp³-hybridized carbons (Fsp3) is 0.535. The Labute approximate surface area is 403 Å². The van der Waals surface area contributed by atoms with Crippen molar-refractivity contribution >= 4 is 80.7 Å². The molecule has 2 aromatic rings.